The number of ether oxygens (including phenoxy) is 2. The summed E-state index contributed by atoms with van der Waals surface area (Å²) in [7, 11) is -2.71. The maximum Gasteiger partial charge on any atom is 0.321 e. The van der Waals surface area contributed by atoms with Crippen molar-refractivity contribution in [1.82, 2.24) is 0 Å². The van der Waals surface area contributed by atoms with Gasteiger partial charge in [-0.3, -0.25) is 0 Å². The molecule has 2 unspecified atom stereocenters. The van der Waals surface area contributed by atoms with E-state index in [-0.39, 0.29) is 41.9 Å². The van der Waals surface area contributed by atoms with Crippen LogP contribution in [0.3, 0.4) is 0 Å². The van der Waals surface area contributed by atoms with Crippen LogP contribution in [-0.2, 0) is 18.0 Å². The van der Waals surface area contributed by atoms with E-state index in [4.69, 9.17) is 28.2 Å². The lowest BCUT2D eigenvalue weighted by Gasteiger charge is -2.32. The van der Waals surface area contributed by atoms with Gasteiger partial charge in [0.15, 0.2) is 8.32 Å². The van der Waals surface area contributed by atoms with Crippen molar-refractivity contribution in [2.24, 2.45) is 0 Å². The molecule has 0 rings (SSSR count). The number of rotatable bonds is 15. The second-order valence-corrected chi connectivity index (χ2v) is 23.7. The fourth-order valence-corrected chi connectivity index (χ4v) is 10.8. The molecule has 0 aliphatic rings. The number of aliphatic hydroxyl groups is 2. The molecule has 0 aromatic heterocycles. The Kier molecular flexibility index (Phi) is 34.1. The molecule has 0 saturated carbocycles. The summed E-state index contributed by atoms with van der Waals surface area (Å²) in [5, 5.41) is 17.9. The number of hydrogen-bond donors (Lipinski definition) is 2. The van der Waals surface area contributed by atoms with Crippen LogP contribution in [0, 0.1) is 0 Å². The summed E-state index contributed by atoms with van der Waals surface area (Å²) in [5.74, 6) is 0. The zero-order valence-electron chi connectivity index (χ0n) is 20.8. The summed E-state index contributed by atoms with van der Waals surface area (Å²) in [5.41, 5.74) is 0. The SMILES string of the molecule is C.C.C.C.CC(O)COCCC[Si](C)(C)C.CO[Si](C)(C)O[Si](C)(C)CCCOCC(C)O. The minimum Gasteiger partial charge on any atom is -0.436 e. The summed E-state index contributed by atoms with van der Waals surface area (Å²) >= 11 is 0. The van der Waals surface area contributed by atoms with Crippen molar-refractivity contribution >= 4 is 25.0 Å². The van der Waals surface area contributed by atoms with E-state index in [2.05, 4.69) is 45.8 Å². The molecule has 2 atom stereocenters. The molecule has 0 aromatic carbocycles. The van der Waals surface area contributed by atoms with Crippen LogP contribution in [0.1, 0.15) is 56.4 Å². The first-order valence-electron chi connectivity index (χ1n) is 10.9. The molecule has 6 nitrogen and oxygen atoms in total. The highest BCUT2D eigenvalue weighted by molar-refractivity contribution is 6.82. The van der Waals surface area contributed by atoms with Gasteiger partial charge in [-0.2, -0.15) is 0 Å². The first-order valence-corrected chi connectivity index (χ1v) is 20.5. The summed E-state index contributed by atoms with van der Waals surface area (Å²) in [6.07, 6.45) is 1.43. The monoisotopic (exact) mass is 534 g/mol. The zero-order chi connectivity index (χ0) is 23.1. The van der Waals surface area contributed by atoms with E-state index >= 15 is 0 Å². The normalized spacial score (nSPS) is 13.1. The molecule has 210 valence electrons. The van der Waals surface area contributed by atoms with Crippen molar-refractivity contribution in [1.29, 1.82) is 0 Å². The van der Waals surface area contributed by atoms with Gasteiger partial charge in [-0.05, 0) is 58.9 Å². The van der Waals surface area contributed by atoms with Gasteiger partial charge in [0, 0.05) is 28.4 Å². The summed E-state index contributed by atoms with van der Waals surface area (Å²) < 4.78 is 22.2. The fraction of sp³-hybridized carbons (Fsp3) is 1.00. The van der Waals surface area contributed by atoms with E-state index in [0.29, 0.717) is 19.8 Å². The molecule has 9 heteroatoms. The van der Waals surface area contributed by atoms with Crippen molar-refractivity contribution in [3.8, 4) is 0 Å². The Morgan fingerprint density at radius 2 is 1.03 bits per heavy atom. The van der Waals surface area contributed by atoms with Crippen molar-refractivity contribution in [2.45, 2.75) is 127 Å². The predicted octanol–water partition coefficient (Wildman–Crippen LogP) is 7.00. The van der Waals surface area contributed by atoms with Crippen molar-refractivity contribution in [3.05, 3.63) is 0 Å². The standard InChI is InChI=1S/C11H28O4Si2.C9H22O2Si.4CH4/c1-11(12)10-14-8-7-9-16(3,4)15-17(5,6)13-2;1-9(10)8-11-6-5-7-12(2,3)4;;;;/h11-12H,7-10H2,1-6H3;9-10H,5-8H2,1-4H3;4*1H4. The van der Waals surface area contributed by atoms with Crippen LogP contribution in [0.25, 0.3) is 0 Å². The molecule has 0 fully saturated rings. The third-order valence-corrected chi connectivity index (χ3v) is 12.6. The van der Waals surface area contributed by atoms with Gasteiger partial charge in [-0.15, -0.1) is 0 Å². The molecule has 0 bridgehead atoms. The molecule has 0 spiro atoms. The molecule has 0 aliphatic heterocycles. The quantitative estimate of drug-likeness (QED) is 0.174. The van der Waals surface area contributed by atoms with Gasteiger partial charge in [-0.1, -0.05) is 55.4 Å². The number of aliphatic hydroxyl groups excluding tert-OH is 2. The Labute approximate surface area is 213 Å². The second-order valence-electron chi connectivity index (χ2n) is 10.1. The second kappa shape index (κ2) is 24.1. The van der Waals surface area contributed by atoms with Crippen LogP contribution in [0.2, 0.25) is 57.9 Å². The Balaban J connectivity index is -0.000000103. The van der Waals surface area contributed by atoms with Gasteiger partial charge in [0.05, 0.1) is 25.4 Å². The van der Waals surface area contributed by atoms with E-state index in [0.717, 1.165) is 25.5 Å². The fourth-order valence-electron chi connectivity index (χ4n) is 2.57. The Morgan fingerprint density at radius 3 is 1.33 bits per heavy atom. The van der Waals surface area contributed by atoms with Gasteiger partial charge < -0.3 is 28.2 Å². The molecule has 0 aromatic rings. The lowest BCUT2D eigenvalue weighted by Crippen LogP contribution is -2.45. The Bertz CT molecular complexity index is 387. The Hall–Kier alpha value is 0.411. The van der Waals surface area contributed by atoms with E-state index in [1.165, 1.54) is 6.04 Å². The van der Waals surface area contributed by atoms with E-state index in [1.54, 1.807) is 21.0 Å². The number of hydrogen-bond acceptors (Lipinski definition) is 6. The molecular weight excluding hydrogens is 469 g/mol. The predicted molar refractivity (Wildman–Crippen MR) is 157 cm³/mol. The lowest BCUT2D eigenvalue weighted by molar-refractivity contribution is 0.0463. The molecule has 0 aliphatic carbocycles. The van der Waals surface area contributed by atoms with Crippen molar-refractivity contribution < 1.29 is 28.2 Å². The third kappa shape index (κ3) is 39.9. The highest BCUT2D eigenvalue weighted by atomic mass is 28.4. The van der Waals surface area contributed by atoms with Crippen LogP contribution in [0.4, 0.5) is 0 Å². The average Bonchev–Trinajstić information content (AvgIpc) is 2.52. The molecule has 0 heterocycles. The van der Waals surface area contributed by atoms with E-state index in [9.17, 15) is 0 Å². The minimum absolute atomic E-state index is 0. The summed E-state index contributed by atoms with van der Waals surface area (Å²) in [6.45, 7) is 21.5. The van der Waals surface area contributed by atoms with Crippen molar-refractivity contribution in [3.63, 3.8) is 0 Å². The molecule has 0 radical (unpaired) electrons. The van der Waals surface area contributed by atoms with Gasteiger partial charge in [0.25, 0.3) is 0 Å². The molecule has 0 amide bonds. The van der Waals surface area contributed by atoms with Gasteiger partial charge in [0.2, 0.25) is 0 Å². The van der Waals surface area contributed by atoms with Crippen LogP contribution in [0.15, 0.2) is 0 Å². The first kappa shape index (κ1) is 46.7. The first-order chi connectivity index (χ1) is 13.1. The van der Waals surface area contributed by atoms with E-state index in [1.807, 2.05) is 0 Å². The van der Waals surface area contributed by atoms with Crippen molar-refractivity contribution in [2.75, 3.05) is 33.5 Å². The minimum atomic E-state index is -1.92. The molecule has 2 N–H and O–H groups in total. The van der Waals surface area contributed by atoms with E-state index < -0.39 is 25.0 Å². The van der Waals surface area contributed by atoms with Crippen LogP contribution >= 0.6 is 0 Å². The zero-order valence-corrected chi connectivity index (χ0v) is 23.8. The van der Waals surface area contributed by atoms with Crippen LogP contribution < -0.4 is 0 Å². The highest BCUT2D eigenvalue weighted by Gasteiger charge is 2.33. The molecular formula is C24H66O6Si3. The summed E-state index contributed by atoms with van der Waals surface area (Å²) in [6, 6.07) is 2.37. The van der Waals surface area contributed by atoms with Crippen LogP contribution in [-0.4, -0.2) is 80.9 Å². The van der Waals surface area contributed by atoms with Gasteiger partial charge >= 0.3 is 8.56 Å². The highest BCUT2D eigenvalue weighted by Crippen LogP contribution is 2.20. The van der Waals surface area contributed by atoms with Gasteiger partial charge in [0.1, 0.15) is 0 Å². The maximum absolute atomic E-state index is 9.04. The molecule has 0 saturated heterocycles. The third-order valence-electron chi connectivity index (χ3n) is 4.01. The average molecular weight is 535 g/mol. The largest absolute Gasteiger partial charge is 0.436 e. The maximum atomic E-state index is 9.04. The smallest absolute Gasteiger partial charge is 0.321 e. The Morgan fingerprint density at radius 1 is 0.667 bits per heavy atom. The molecule has 33 heavy (non-hydrogen) atoms. The topological polar surface area (TPSA) is 77.4 Å². The van der Waals surface area contributed by atoms with Crippen LogP contribution in [0.5, 0.6) is 0 Å². The summed E-state index contributed by atoms with van der Waals surface area (Å²) in [4.78, 5) is 0. The lowest BCUT2D eigenvalue weighted by atomic mass is 10.4. The van der Waals surface area contributed by atoms with Gasteiger partial charge in [-0.25, -0.2) is 0 Å².